The Balaban J connectivity index is 2.41. The number of carbonyl (C=O) groups excluding carboxylic acids is 1. The Morgan fingerprint density at radius 3 is 2.65 bits per heavy atom. The number of nitrogens with two attached hydrogens (primary N) is 1. The lowest BCUT2D eigenvalue weighted by atomic mass is 9.92. The Bertz CT molecular complexity index is 260. The van der Waals surface area contributed by atoms with Gasteiger partial charge in [0.15, 0.2) is 0 Å². The molecular formula is C12H24N2O3. The summed E-state index contributed by atoms with van der Waals surface area (Å²) in [5.41, 5.74) is 4.22. The number of hydrogen-bond acceptors (Lipinski definition) is 4. The molecule has 1 unspecified atom stereocenters. The van der Waals surface area contributed by atoms with E-state index >= 15 is 0 Å². The Morgan fingerprint density at radius 2 is 2.12 bits per heavy atom. The first-order valence-corrected chi connectivity index (χ1v) is 6.27. The molecule has 0 bridgehead atoms. The van der Waals surface area contributed by atoms with E-state index in [2.05, 4.69) is 5.32 Å². The summed E-state index contributed by atoms with van der Waals surface area (Å²) < 4.78 is 5.18. The van der Waals surface area contributed by atoms with E-state index in [-0.39, 0.29) is 12.5 Å². The molecular weight excluding hydrogens is 220 g/mol. The van der Waals surface area contributed by atoms with E-state index in [9.17, 15) is 9.90 Å². The van der Waals surface area contributed by atoms with Gasteiger partial charge in [-0.15, -0.1) is 0 Å². The van der Waals surface area contributed by atoms with Crippen molar-refractivity contribution < 1.29 is 14.6 Å². The minimum absolute atomic E-state index is 0.195. The number of ether oxygens (including phenoxy) is 1. The van der Waals surface area contributed by atoms with Gasteiger partial charge in [-0.1, -0.05) is 13.3 Å². The van der Waals surface area contributed by atoms with Crippen molar-refractivity contribution in [2.24, 2.45) is 5.73 Å². The standard InChI is InChI=1S/C12H24N2O3/c1-3-4-11(2,13)10(15)14-9-12(16)5-7-17-8-6-12/h16H,3-9,13H2,1-2H3,(H,14,15). The molecule has 17 heavy (non-hydrogen) atoms. The van der Waals surface area contributed by atoms with Crippen LogP contribution in [0.4, 0.5) is 0 Å². The molecule has 1 atom stereocenters. The maximum absolute atomic E-state index is 11.9. The van der Waals surface area contributed by atoms with Crippen molar-refractivity contribution in [3.63, 3.8) is 0 Å². The number of nitrogens with one attached hydrogen (secondary N) is 1. The molecule has 1 aliphatic heterocycles. The van der Waals surface area contributed by atoms with Crippen molar-refractivity contribution in [1.29, 1.82) is 0 Å². The molecule has 0 aromatic heterocycles. The van der Waals surface area contributed by atoms with Crippen LogP contribution in [0.15, 0.2) is 0 Å². The van der Waals surface area contributed by atoms with Crippen LogP contribution in [0.3, 0.4) is 0 Å². The summed E-state index contributed by atoms with van der Waals surface area (Å²) in [6.45, 7) is 5.05. The first-order valence-electron chi connectivity index (χ1n) is 6.27. The van der Waals surface area contributed by atoms with Crippen molar-refractivity contribution in [2.75, 3.05) is 19.8 Å². The van der Waals surface area contributed by atoms with Crippen molar-refractivity contribution in [2.45, 2.75) is 50.7 Å². The van der Waals surface area contributed by atoms with Gasteiger partial charge in [-0.3, -0.25) is 4.79 Å². The van der Waals surface area contributed by atoms with Gasteiger partial charge in [0, 0.05) is 32.6 Å². The average Bonchev–Trinajstić information content (AvgIpc) is 2.27. The van der Waals surface area contributed by atoms with E-state index < -0.39 is 11.1 Å². The fraction of sp³-hybridized carbons (Fsp3) is 0.917. The second-order valence-electron chi connectivity index (χ2n) is 5.19. The number of carbonyl (C=O) groups is 1. The number of aliphatic hydroxyl groups is 1. The maximum Gasteiger partial charge on any atom is 0.239 e. The number of amides is 1. The fourth-order valence-electron chi connectivity index (χ4n) is 2.01. The summed E-state index contributed by atoms with van der Waals surface area (Å²) >= 11 is 0. The SMILES string of the molecule is CCCC(C)(N)C(=O)NCC1(O)CCOCC1. The minimum Gasteiger partial charge on any atom is -0.388 e. The second kappa shape index (κ2) is 5.80. The normalized spacial score (nSPS) is 22.8. The van der Waals surface area contributed by atoms with E-state index in [0.717, 1.165) is 6.42 Å². The van der Waals surface area contributed by atoms with E-state index in [0.29, 0.717) is 32.5 Å². The molecule has 0 radical (unpaired) electrons. The van der Waals surface area contributed by atoms with Gasteiger partial charge >= 0.3 is 0 Å². The van der Waals surface area contributed by atoms with Crippen LogP contribution in [0.1, 0.15) is 39.5 Å². The molecule has 1 heterocycles. The largest absolute Gasteiger partial charge is 0.388 e. The predicted octanol–water partition coefficient (Wildman–Crippen LogP) is 0.162. The quantitative estimate of drug-likeness (QED) is 0.643. The van der Waals surface area contributed by atoms with Crippen LogP contribution in [-0.2, 0) is 9.53 Å². The molecule has 1 rings (SSSR count). The molecule has 1 amide bonds. The second-order valence-corrected chi connectivity index (χ2v) is 5.19. The monoisotopic (exact) mass is 244 g/mol. The van der Waals surface area contributed by atoms with Crippen LogP contribution in [-0.4, -0.2) is 41.9 Å². The summed E-state index contributed by atoms with van der Waals surface area (Å²) in [6.07, 6.45) is 2.61. The smallest absolute Gasteiger partial charge is 0.239 e. The minimum atomic E-state index is -0.851. The molecule has 5 nitrogen and oxygen atoms in total. The fourth-order valence-corrected chi connectivity index (χ4v) is 2.01. The molecule has 100 valence electrons. The van der Waals surface area contributed by atoms with E-state index in [1.54, 1.807) is 6.92 Å². The number of hydrogen-bond donors (Lipinski definition) is 3. The third kappa shape index (κ3) is 4.26. The summed E-state index contributed by atoms with van der Waals surface area (Å²) in [7, 11) is 0. The third-order valence-electron chi connectivity index (χ3n) is 3.29. The Hall–Kier alpha value is -0.650. The molecule has 0 aromatic carbocycles. The summed E-state index contributed by atoms with van der Waals surface area (Å²) in [5.74, 6) is -0.195. The van der Waals surface area contributed by atoms with Crippen LogP contribution in [0, 0.1) is 0 Å². The molecule has 0 spiro atoms. The van der Waals surface area contributed by atoms with Crippen LogP contribution in [0.25, 0.3) is 0 Å². The first kappa shape index (κ1) is 14.4. The zero-order valence-corrected chi connectivity index (χ0v) is 10.8. The summed E-state index contributed by atoms with van der Waals surface area (Å²) in [4.78, 5) is 11.9. The van der Waals surface area contributed by atoms with E-state index in [1.165, 1.54) is 0 Å². The van der Waals surface area contributed by atoms with Gasteiger partial charge in [0.05, 0.1) is 11.1 Å². The molecule has 1 fully saturated rings. The maximum atomic E-state index is 11.9. The highest BCUT2D eigenvalue weighted by Gasteiger charge is 2.33. The van der Waals surface area contributed by atoms with Crippen LogP contribution in [0.2, 0.25) is 0 Å². The lowest BCUT2D eigenvalue weighted by molar-refractivity contribution is -0.128. The molecule has 0 saturated carbocycles. The summed E-state index contributed by atoms with van der Waals surface area (Å²) in [5, 5.41) is 12.9. The lowest BCUT2D eigenvalue weighted by Gasteiger charge is -2.33. The van der Waals surface area contributed by atoms with Gasteiger partial charge in [-0.25, -0.2) is 0 Å². The van der Waals surface area contributed by atoms with Crippen LogP contribution >= 0.6 is 0 Å². The zero-order valence-electron chi connectivity index (χ0n) is 10.8. The molecule has 1 saturated heterocycles. The molecule has 0 aromatic rings. The van der Waals surface area contributed by atoms with Gasteiger partial charge in [-0.05, 0) is 13.3 Å². The highest BCUT2D eigenvalue weighted by atomic mass is 16.5. The molecule has 1 aliphatic rings. The van der Waals surface area contributed by atoms with Crippen molar-refractivity contribution >= 4 is 5.91 Å². The first-order chi connectivity index (χ1) is 7.90. The topological polar surface area (TPSA) is 84.6 Å². The Morgan fingerprint density at radius 1 is 1.53 bits per heavy atom. The lowest BCUT2D eigenvalue weighted by Crippen LogP contribution is -2.55. The van der Waals surface area contributed by atoms with Gasteiger partial charge in [0.25, 0.3) is 0 Å². The van der Waals surface area contributed by atoms with Gasteiger partial charge < -0.3 is 20.9 Å². The number of rotatable bonds is 5. The van der Waals surface area contributed by atoms with Crippen LogP contribution < -0.4 is 11.1 Å². The van der Waals surface area contributed by atoms with Gasteiger partial charge in [0.1, 0.15) is 0 Å². The van der Waals surface area contributed by atoms with E-state index in [4.69, 9.17) is 10.5 Å². The van der Waals surface area contributed by atoms with Crippen molar-refractivity contribution in [3.05, 3.63) is 0 Å². The Labute approximate surface area is 103 Å². The predicted molar refractivity (Wildman–Crippen MR) is 65.5 cm³/mol. The highest BCUT2D eigenvalue weighted by molar-refractivity contribution is 5.85. The zero-order chi connectivity index (χ0) is 12.9. The van der Waals surface area contributed by atoms with Crippen LogP contribution in [0.5, 0.6) is 0 Å². The Kier molecular flexibility index (Phi) is 4.91. The summed E-state index contributed by atoms with van der Waals surface area (Å²) in [6, 6.07) is 0. The van der Waals surface area contributed by atoms with Crippen molar-refractivity contribution in [1.82, 2.24) is 5.32 Å². The average molecular weight is 244 g/mol. The molecule has 0 aliphatic carbocycles. The van der Waals surface area contributed by atoms with Crippen molar-refractivity contribution in [3.8, 4) is 0 Å². The third-order valence-corrected chi connectivity index (χ3v) is 3.29. The molecule has 4 N–H and O–H groups in total. The van der Waals surface area contributed by atoms with E-state index in [1.807, 2.05) is 6.92 Å². The molecule has 5 heteroatoms. The highest BCUT2D eigenvalue weighted by Crippen LogP contribution is 2.19. The van der Waals surface area contributed by atoms with Gasteiger partial charge in [0.2, 0.25) is 5.91 Å². The van der Waals surface area contributed by atoms with Gasteiger partial charge in [-0.2, -0.15) is 0 Å².